The summed E-state index contributed by atoms with van der Waals surface area (Å²) < 4.78 is 0. The number of benzene rings is 26. The van der Waals surface area contributed by atoms with Gasteiger partial charge in [0.15, 0.2) is 0 Å². The van der Waals surface area contributed by atoms with E-state index in [0.29, 0.717) is 0 Å². The molecule has 0 fully saturated rings. The molecule has 0 nitrogen and oxygen atoms in total. The van der Waals surface area contributed by atoms with Crippen LogP contribution in [0.15, 0.2) is 437 Å². The Kier molecular flexibility index (Phi) is 15.2. The van der Waals surface area contributed by atoms with Crippen LogP contribution in [0.3, 0.4) is 0 Å². The molecule has 0 aliphatic carbocycles. The highest BCUT2D eigenvalue weighted by Crippen LogP contribution is 2.54. The first kappa shape index (κ1) is 73.7. The molecule has 0 unspecified atom stereocenters. The number of hydrogen-bond donors (Lipinski definition) is 0. The maximum Gasteiger partial charge on any atom is -0.00199 e. The van der Waals surface area contributed by atoms with Gasteiger partial charge in [-0.25, -0.2) is 0 Å². The van der Waals surface area contributed by atoms with E-state index in [4.69, 9.17) is 0 Å². The molecule has 0 amide bonds. The largest absolute Gasteiger partial charge is 0.0622 e. The molecule has 32 aromatic rings. The minimum atomic E-state index is 1.24. The number of rotatable bonds is 5. The first-order valence-corrected chi connectivity index (χ1v) is 47.1. The highest BCUT2D eigenvalue weighted by molar-refractivity contribution is 6.43. The smallest absolute Gasteiger partial charge is 0.00199 e. The second-order valence-corrected chi connectivity index (χ2v) is 37.8. The van der Waals surface area contributed by atoms with E-state index in [1.165, 1.54) is 325 Å². The molecule has 0 heteroatoms. The van der Waals surface area contributed by atoms with E-state index in [2.05, 4.69) is 451 Å². The van der Waals surface area contributed by atoms with Gasteiger partial charge in [0.25, 0.3) is 0 Å². The summed E-state index contributed by atoms with van der Waals surface area (Å²) in [7, 11) is 0. The van der Waals surface area contributed by atoms with Gasteiger partial charge in [-0.05, 0) is 406 Å². The summed E-state index contributed by atoms with van der Waals surface area (Å²) in [5.41, 5.74) is 15.4. The minimum Gasteiger partial charge on any atom is -0.0622 e. The van der Waals surface area contributed by atoms with E-state index in [1.54, 1.807) is 0 Å². The van der Waals surface area contributed by atoms with Crippen LogP contribution in [-0.2, 0) is 0 Å². The summed E-state index contributed by atoms with van der Waals surface area (Å²) in [6.45, 7) is 4.46. The molecule has 0 radical (unpaired) electrons. The lowest BCUT2D eigenvalue weighted by atomic mass is 9.91. The molecular formula is C134H78. The van der Waals surface area contributed by atoms with Crippen LogP contribution in [-0.4, -0.2) is 0 Å². The Bertz CT molecular complexity index is 10600. The van der Waals surface area contributed by atoms with Crippen LogP contribution in [0.4, 0.5) is 0 Å². The van der Waals surface area contributed by atoms with E-state index >= 15 is 0 Å². The van der Waals surface area contributed by atoms with Gasteiger partial charge in [-0.2, -0.15) is 0 Å². The maximum atomic E-state index is 2.48. The van der Waals surface area contributed by atoms with Gasteiger partial charge in [-0.1, -0.05) is 370 Å². The van der Waals surface area contributed by atoms with Crippen LogP contribution in [0.1, 0.15) is 11.1 Å². The van der Waals surface area contributed by atoms with E-state index < -0.39 is 0 Å². The Labute approximate surface area is 770 Å². The van der Waals surface area contributed by atoms with Crippen molar-refractivity contribution >= 4 is 259 Å². The van der Waals surface area contributed by atoms with Gasteiger partial charge >= 0.3 is 0 Å². The molecule has 0 saturated carbocycles. The second kappa shape index (κ2) is 27.7. The van der Waals surface area contributed by atoms with Crippen molar-refractivity contribution in [2.75, 3.05) is 0 Å². The molecule has 614 valence electrons. The van der Waals surface area contributed by atoms with Crippen LogP contribution in [0.2, 0.25) is 0 Å². The third-order valence-corrected chi connectivity index (χ3v) is 31.0. The first-order valence-electron chi connectivity index (χ1n) is 47.1. The Balaban J connectivity index is 0.0000000961. The molecule has 0 bridgehead atoms. The Morgan fingerprint density at radius 2 is 0.336 bits per heavy atom. The van der Waals surface area contributed by atoms with Gasteiger partial charge in [-0.3, -0.25) is 0 Å². The van der Waals surface area contributed by atoms with Crippen molar-refractivity contribution in [1.29, 1.82) is 0 Å². The number of aryl methyl sites for hydroxylation is 2. The van der Waals surface area contributed by atoms with Crippen molar-refractivity contribution in [3.05, 3.63) is 448 Å². The fourth-order valence-corrected chi connectivity index (χ4v) is 25.2. The average Bonchev–Trinajstić information content (AvgIpc) is 1.53. The van der Waals surface area contributed by atoms with E-state index in [1.807, 2.05) is 0 Å². The molecule has 0 aliphatic heterocycles. The van der Waals surface area contributed by atoms with Crippen LogP contribution < -0.4 is 0 Å². The lowest BCUT2D eigenvalue weighted by Crippen LogP contribution is -1.89. The monoisotopic (exact) mass is 1690 g/mol. The lowest BCUT2D eigenvalue weighted by Gasteiger charge is -2.13. The van der Waals surface area contributed by atoms with Crippen molar-refractivity contribution in [2.45, 2.75) is 13.8 Å². The third-order valence-electron chi connectivity index (χ3n) is 31.0. The van der Waals surface area contributed by atoms with Gasteiger partial charge in [-0.15, -0.1) is 0 Å². The van der Waals surface area contributed by atoms with Crippen LogP contribution in [0, 0.1) is 13.8 Å². The fourth-order valence-electron chi connectivity index (χ4n) is 25.2. The Hall–Kier alpha value is -17.2. The van der Waals surface area contributed by atoms with Crippen molar-refractivity contribution in [1.82, 2.24) is 0 Å². The summed E-state index contributed by atoms with van der Waals surface area (Å²) in [6, 6.07) is 164. The molecule has 134 heavy (non-hydrogen) atoms. The van der Waals surface area contributed by atoms with E-state index in [9.17, 15) is 0 Å². The predicted octanol–water partition coefficient (Wildman–Crippen LogP) is 38.3. The predicted molar refractivity (Wildman–Crippen MR) is 583 cm³/mol. The average molecular weight is 1690 g/mol. The van der Waals surface area contributed by atoms with Gasteiger partial charge in [0.1, 0.15) is 0 Å². The molecule has 32 aromatic carbocycles. The zero-order valence-corrected chi connectivity index (χ0v) is 73.6. The zero-order valence-electron chi connectivity index (χ0n) is 73.6. The molecule has 0 aromatic heterocycles. The van der Waals surface area contributed by atoms with Crippen LogP contribution >= 0.6 is 0 Å². The summed E-state index contributed by atoms with van der Waals surface area (Å²) in [6.07, 6.45) is 0. The minimum absolute atomic E-state index is 1.24. The molecular weight excluding hydrogens is 1610 g/mol. The van der Waals surface area contributed by atoms with Gasteiger partial charge < -0.3 is 0 Å². The number of hydrogen-bond acceptors (Lipinski definition) is 0. The van der Waals surface area contributed by atoms with Crippen molar-refractivity contribution in [2.24, 2.45) is 0 Å². The molecule has 0 saturated heterocycles. The topological polar surface area (TPSA) is 0 Å². The van der Waals surface area contributed by atoms with Crippen LogP contribution in [0.25, 0.3) is 314 Å². The molecule has 0 N–H and O–H groups in total. The molecule has 0 heterocycles. The summed E-state index contributed by atoms with van der Waals surface area (Å²) in [5.74, 6) is 0. The molecule has 0 aliphatic rings. The number of fused-ring (bicyclic) bond motifs is 30. The molecule has 32 rings (SSSR count). The fraction of sp³-hybridized carbons (Fsp3) is 0.0149. The third kappa shape index (κ3) is 10.3. The van der Waals surface area contributed by atoms with E-state index in [0.717, 1.165) is 0 Å². The first-order chi connectivity index (χ1) is 66.3. The summed E-state index contributed by atoms with van der Waals surface area (Å²) in [5, 5.41) is 64.3. The van der Waals surface area contributed by atoms with E-state index in [-0.39, 0.29) is 0 Å². The van der Waals surface area contributed by atoms with Crippen LogP contribution in [0.5, 0.6) is 0 Å². The highest BCUT2D eigenvalue weighted by atomic mass is 14.3. The normalized spacial score (nSPS) is 12.4. The zero-order chi connectivity index (χ0) is 87.6. The van der Waals surface area contributed by atoms with Gasteiger partial charge in [0, 0.05) is 0 Å². The maximum absolute atomic E-state index is 2.48. The van der Waals surface area contributed by atoms with Gasteiger partial charge in [0.2, 0.25) is 0 Å². The summed E-state index contributed by atoms with van der Waals surface area (Å²) in [4.78, 5) is 0. The Morgan fingerprint density at radius 3 is 0.731 bits per heavy atom. The standard InChI is InChI=1S/2C46H26.C42H26/c1-2-9-27(10-3-1)31-13-4-5-14-32(31)29-19-22-34-40(23-29)38-18-8-17-35-33-21-20-30-24-41-36-15-6-11-28-12-7-16-37(45(28)36)43(41)25-39(30)42(33)26-44(34)46(35)38;1-2-9-27(10-3-1)31-13-4-5-14-32(31)29-19-21-33-35-17-8-18-36-34-22-20-30-24-41-37-15-6-11-28-12-7-16-38(45(28)37)43(41)25-39(30)42(34)26-44(46(35)36)40(33)23-29;1-23-8-5-9-24(2)40(23)33-18-19-34-36-20-25-16-17-28-30-13-6-12-29-26-10-3-4-11-27(26)39(42(29)30)22-37(28)35(25)21-38(36)32-15-7-14-31(33)41(32)34/h2*1-26H;3-22H,1-2H3. The highest BCUT2D eigenvalue weighted by Gasteiger charge is 2.26. The molecule has 0 spiro atoms. The summed E-state index contributed by atoms with van der Waals surface area (Å²) >= 11 is 0. The van der Waals surface area contributed by atoms with Crippen molar-refractivity contribution in [3.8, 4) is 55.6 Å². The lowest BCUT2D eigenvalue weighted by molar-refractivity contribution is 1.39. The quantitative estimate of drug-likeness (QED) is 0.151. The molecule has 0 atom stereocenters. The van der Waals surface area contributed by atoms with Crippen molar-refractivity contribution < 1.29 is 0 Å². The van der Waals surface area contributed by atoms with Gasteiger partial charge in [0.05, 0.1) is 0 Å². The second-order valence-electron chi connectivity index (χ2n) is 37.8. The SMILES string of the molecule is Cc1cccc(C)c1-c1ccc2c3cc4ccc5c(cc6c7ccccc7c7cccc5c76)c4cc3c3cccc1c23.c1ccc(-c2ccccc2-c2ccc3c(c2)c2cc4c5cc6c(cc5ccc4c4cccc3c42)c2cccc3cccc6c32)cc1.c1ccc(-c2ccccc2-c2ccc3c(c2)c2cccc4c5ccc6cc7c(cc6c5cc3c42)c2cccc3cccc7c32)cc1. The Morgan fingerprint density at radius 1 is 0.104 bits per heavy atom. The van der Waals surface area contributed by atoms with Crippen molar-refractivity contribution in [3.63, 3.8) is 0 Å².